The molecule has 3 aromatic carbocycles. The quantitative estimate of drug-likeness (QED) is 0.396. The van der Waals surface area contributed by atoms with Crippen LogP contribution in [0, 0.1) is 11.6 Å². The summed E-state index contributed by atoms with van der Waals surface area (Å²) in [4.78, 5) is -0.929. The van der Waals surface area contributed by atoms with Crippen LogP contribution < -0.4 is 13.8 Å². The van der Waals surface area contributed by atoms with Crippen LogP contribution >= 0.6 is 0 Å². The molecule has 0 fully saturated rings. The van der Waals surface area contributed by atoms with Gasteiger partial charge in [-0.1, -0.05) is 6.07 Å². The van der Waals surface area contributed by atoms with E-state index in [1.165, 1.54) is 18.2 Å². The van der Waals surface area contributed by atoms with Crippen molar-refractivity contribution < 1.29 is 48.6 Å². The van der Waals surface area contributed by atoms with Gasteiger partial charge in [0.15, 0.2) is 0 Å². The minimum atomic E-state index is -4.99. The van der Waals surface area contributed by atoms with E-state index in [1.807, 2.05) is 0 Å². The van der Waals surface area contributed by atoms with E-state index in [0.717, 1.165) is 22.5 Å². The fraction of sp³-hybridized carbons (Fsp3) is 0.182. The van der Waals surface area contributed by atoms with Crippen molar-refractivity contribution in [1.29, 1.82) is 0 Å². The number of ether oxygens (including phenoxy) is 2. The molecule has 0 amide bonds. The van der Waals surface area contributed by atoms with Gasteiger partial charge in [0.1, 0.15) is 29.7 Å². The molecule has 0 aromatic heterocycles. The van der Waals surface area contributed by atoms with Crippen molar-refractivity contribution in [2.45, 2.75) is 17.7 Å². The molecule has 3 aromatic rings. The highest BCUT2D eigenvalue weighted by Crippen LogP contribution is 2.40. The van der Waals surface area contributed by atoms with Crippen LogP contribution in [0.25, 0.3) is 11.1 Å². The third-order valence-corrected chi connectivity index (χ3v) is 6.79. The lowest BCUT2D eigenvalue weighted by atomic mass is 10.0. The Hall–Kier alpha value is -3.48. The summed E-state index contributed by atoms with van der Waals surface area (Å²) in [5, 5.41) is 0. The first-order valence-electron chi connectivity index (χ1n) is 9.78. The van der Waals surface area contributed by atoms with Crippen LogP contribution in [0.15, 0.2) is 59.5 Å². The van der Waals surface area contributed by atoms with Crippen molar-refractivity contribution in [1.82, 2.24) is 0 Å². The number of halogens is 7. The molecule has 0 aliphatic carbocycles. The number of fused-ring (bicyclic) bond motifs is 1. The van der Waals surface area contributed by atoms with E-state index in [4.69, 9.17) is 4.74 Å². The van der Waals surface area contributed by atoms with E-state index >= 15 is 0 Å². The molecule has 5 nitrogen and oxygen atoms in total. The van der Waals surface area contributed by atoms with Crippen molar-refractivity contribution >= 4 is 15.7 Å². The molecule has 1 aliphatic rings. The maximum atomic E-state index is 14.0. The molecule has 186 valence electrons. The van der Waals surface area contributed by atoms with Gasteiger partial charge in [-0.3, -0.25) is 4.31 Å². The van der Waals surface area contributed by atoms with Crippen LogP contribution in [-0.2, 0) is 16.2 Å². The molecule has 0 unspecified atom stereocenters. The molecular formula is C22H14F7NO4S. The van der Waals surface area contributed by atoms with E-state index in [9.17, 15) is 39.2 Å². The molecule has 1 aliphatic heterocycles. The predicted molar refractivity (Wildman–Crippen MR) is 110 cm³/mol. The van der Waals surface area contributed by atoms with Crippen LogP contribution in [0.5, 0.6) is 11.5 Å². The van der Waals surface area contributed by atoms with Crippen LogP contribution in [-0.4, -0.2) is 28.2 Å². The number of nitrogens with zero attached hydrogens (tertiary/aromatic N) is 1. The van der Waals surface area contributed by atoms with Crippen LogP contribution in [0.2, 0.25) is 0 Å². The lowest BCUT2D eigenvalue weighted by Crippen LogP contribution is -2.38. The Morgan fingerprint density at radius 2 is 1.63 bits per heavy atom. The lowest BCUT2D eigenvalue weighted by molar-refractivity contribution is -0.137. The Kier molecular flexibility index (Phi) is 6.30. The fourth-order valence-corrected chi connectivity index (χ4v) is 5.03. The first-order chi connectivity index (χ1) is 16.3. The van der Waals surface area contributed by atoms with Gasteiger partial charge in [-0.2, -0.15) is 22.0 Å². The number of rotatable bonds is 5. The number of alkyl halides is 5. The molecule has 0 N–H and O–H groups in total. The Morgan fingerprint density at radius 3 is 2.31 bits per heavy atom. The number of benzene rings is 3. The topological polar surface area (TPSA) is 55.8 Å². The lowest BCUT2D eigenvalue weighted by Gasteiger charge is -2.31. The van der Waals surface area contributed by atoms with Gasteiger partial charge in [-0.15, -0.1) is 0 Å². The van der Waals surface area contributed by atoms with Crippen molar-refractivity contribution in [2.24, 2.45) is 0 Å². The highest BCUT2D eigenvalue weighted by molar-refractivity contribution is 7.92. The summed E-state index contributed by atoms with van der Waals surface area (Å²) < 4.78 is 129. The normalized spacial score (nSPS) is 14.0. The molecular weight excluding hydrogens is 507 g/mol. The molecule has 0 bridgehead atoms. The van der Waals surface area contributed by atoms with Gasteiger partial charge in [0, 0.05) is 6.07 Å². The summed E-state index contributed by atoms with van der Waals surface area (Å²) in [6.45, 7) is -3.69. The summed E-state index contributed by atoms with van der Waals surface area (Å²) in [5.74, 6) is -2.74. The molecule has 0 spiro atoms. The van der Waals surface area contributed by atoms with E-state index < -0.39 is 50.7 Å². The SMILES string of the molecule is O=S(=O)(c1cc(F)cc(C(F)(F)F)c1)N1CCOc2ccc(-c3cc(F)cc(OC(F)F)c3)cc21. The molecule has 0 radical (unpaired) electrons. The van der Waals surface area contributed by atoms with Gasteiger partial charge in [0.2, 0.25) is 0 Å². The molecule has 0 saturated heterocycles. The zero-order chi connectivity index (χ0) is 25.5. The minimum Gasteiger partial charge on any atom is -0.489 e. The van der Waals surface area contributed by atoms with Crippen LogP contribution in [0.4, 0.5) is 36.4 Å². The van der Waals surface area contributed by atoms with E-state index in [-0.39, 0.29) is 41.8 Å². The Morgan fingerprint density at radius 1 is 0.914 bits per heavy atom. The van der Waals surface area contributed by atoms with Gasteiger partial charge >= 0.3 is 12.8 Å². The average molecular weight is 521 g/mol. The van der Waals surface area contributed by atoms with Gasteiger partial charge in [0.25, 0.3) is 10.0 Å². The number of anilines is 1. The van der Waals surface area contributed by atoms with Gasteiger partial charge in [0.05, 0.1) is 22.7 Å². The third kappa shape index (κ3) is 5.14. The Balaban J connectivity index is 1.79. The van der Waals surface area contributed by atoms with Crippen molar-refractivity contribution in [3.8, 4) is 22.6 Å². The van der Waals surface area contributed by atoms with Gasteiger partial charge < -0.3 is 9.47 Å². The van der Waals surface area contributed by atoms with E-state index in [0.29, 0.717) is 12.1 Å². The van der Waals surface area contributed by atoms with Crippen molar-refractivity contribution in [3.63, 3.8) is 0 Å². The van der Waals surface area contributed by atoms with Crippen molar-refractivity contribution in [3.05, 3.63) is 71.8 Å². The first-order valence-corrected chi connectivity index (χ1v) is 11.2. The summed E-state index contributed by atoms with van der Waals surface area (Å²) in [7, 11) is -4.70. The van der Waals surface area contributed by atoms with Gasteiger partial charge in [-0.05, 0) is 53.6 Å². The smallest absolute Gasteiger partial charge is 0.416 e. The minimum absolute atomic E-state index is 0.0384. The first kappa shape index (κ1) is 24.6. The van der Waals surface area contributed by atoms with Gasteiger partial charge in [-0.25, -0.2) is 17.2 Å². The van der Waals surface area contributed by atoms with Crippen molar-refractivity contribution in [2.75, 3.05) is 17.5 Å². The Labute approximate surface area is 194 Å². The molecule has 35 heavy (non-hydrogen) atoms. The highest BCUT2D eigenvalue weighted by Gasteiger charge is 2.36. The van der Waals surface area contributed by atoms with Crippen LogP contribution in [0.1, 0.15) is 5.56 Å². The third-order valence-electron chi connectivity index (χ3n) is 5.00. The molecule has 13 heteroatoms. The zero-order valence-corrected chi connectivity index (χ0v) is 18.1. The monoisotopic (exact) mass is 521 g/mol. The highest BCUT2D eigenvalue weighted by atomic mass is 32.2. The molecule has 0 saturated carbocycles. The number of sulfonamides is 1. The average Bonchev–Trinajstić information content (AvgIpc) is 2.76. The second-order valence-electron chi connectivity index (χ2n) is 7.34. The molecule has 1 heterocycles. The maximum absolute atomic E-state index is 14.0. The van der Waals surface area contributed by atoms with E-state index in [2.05, 4.69) is 4.74 Å². The second-order valence-corrected chi connectivity index (χ2v) is 9.20. The number of hydrogen-bond donors (Lipinski definition) is 0. The largest absolute Gasteiger partial charge is 0.489 e. The standard InChI is InChI=1S/C22H14F7NO4S/c23-15-5-13(6-17(10-15)34-21(25)26)12-1-2-20-19(7-12)30(3-4-33-20)35(31,32)18-9-14(22(27,28)29)8-16(24)11-18/h1-2,5-11,21H,3-4H2. The summed E-state index contributed by atoms with van der Waals surface area (Å²) in [5.41, 5.74) is -1.38. The van der Waals surface area contributed by atoms with Crippen LogP contribution in [0.3, 0.4) is 0 Å². The molecule has 0 atom stereocenters. The summed E-state index contributed by atoms with van der Waals surface area (Å²) >= 11 is 0. The van der Waals surface area contributed by atoms with E-state index in [1.54, 1.807) is 0 Å². The second kappa shape index (κ2) is 8.95. The maximum Gasteiger partial charge on any atom is 0.416 e. The number of hydrogen-bond acceptors (Lipinski definition) is 4. The summed E-state index contributed by atoms with van der Waals surface area (Å²) in [6, 6.07) is 7.74. The predicted octanol–water partition coefficient (Wildman–Crippen LogP) is 5.84. The Bertz CT molecular complexity index is 1380. The summed E-state index contributed by atoms with van der Waals surface area (Å²) in [6.07, 6.45) is -4.99. The fourth-order valence-electron chi connectivity index (χ4n) is 3.53. The zero-order valence-electron chi connectivity index (χ0n) is 17.3. The molecule has 4 rings (SSSR count).